The number of piperidine rings is 1. The van der Waals surface area contributed by atoms with Crippen molar-refractivity contribution >= 4 is 38.9 Å². The summed E-state index contributed by atoms with van der Waals surface area (Å²) in [7, 11) is -3.43. The van der Waals surface area contributed by atoms with E-state index in [1.165, 1.54) is 4.31 Å². The predicted molar refractivity (Wildman–Crippen MR) is 98.3 cm³/mol. The molecule has 1 saturated heterocycles. The molecular weight excluding hydrogens is 346 g/mol. The van der Waals surface area contributed by atoms with E-state index in [4.69, 9.17) is 12.2 Å². The Hall–Kier alpha value is -1.51. The van der Waals surface area contributed by atoms with Gasteiger partial charge in [0.05, 0.1) is 4.90 Å². The van der Waals surface area contributed by atoms with E-state index < -0.39 is 10.0 Å². The Balaban J connectivity index is 1.99. The molecule has 0 aromatic heterocycles. The number of hydrogen-bond donors (Lipinski definition) is 2. The molecule has 132 valence electrons. The summed E-state index contributed by atoms with van der Waals surface area (Å²) in [6.45, 7) is 3.07. The van der Waals surface area contributed by atoms with Crippen molar-refractivity contribution in [3.8, 4) is 0 Å². The maximum Gasteiger partial charge on any atom is 0.243 e. The van der Waals surface area contributed by atoms with Gasteiger partial charge >= 0.3 is 0 Å². The van der Waals surface area contributed by atoms with Crippen LogP contribution in [0.25, 0.3) is 0 Å². The molecule has 1 fully saturated rings. The topological polar surface area (TPSA) is 78.5 Å². The van der Waals surface area contributed by atoms with Crippen LogP contribution in [-0.4, -0.2) is 36.8 Å². The molecule has 0 unspecified atom stereocenters. The van der Waals surface area contributed by atoms with Gasteiger partial charge in [-0.3, -0.25) is 4.79 Å². The van der Waals surface area contributed by atoms with Crippen LogP contribution in [0.1, 0.15) is 39.0 Å². The molecule has 1 aliphatic heterocycles. The third-order valence-corrected chi connectivity index (χ3v) is 5.91. The Bertz CT molecular complexity index is 681. The van der Waals surface area contributed by atoms with E-state index in [2.05, 4.69) is 10.6 Å². The van der Waals surface area contributed by atoms with Crippen molar-refractivity contribution in [2.75, 3.05) is 18.4 Å². The fourth-order valence-electron chi connectivity index (χ4n) is 2.54. The molecule has 24 heavy (non-hydrogen) atoms. The maximum atomic E-state index is 12.6. The Morgan fingerprint density at radius 2 is 1.79 bits per heavy atom. The van der Waals surface area contributed by atoms with Gasteiger partial charge in [0.25, 0.3) is 0 Å². The molecule has 0 atom stereocenters. The predicted octanol–water partition coefficient (Wildman–Crippen LogP) is 2.47. The van der Waals surface area contributed by atoms with Crippen LogP contribution in [0.15, 0.2) is 29.2 Å². The van der Waals surface area contributed by atoms with Crippen LogP contribution in [0.2, 0.25) is 0 Å². The lowest BCUT2D eigenvalue weighted by atomic mass is 10.2. The number of hydrogen-bond acceptors (Lipinski definition) is 4. The summed E-state index contributed by atoms with van der Waals surface area (Å²) in [4.78, 5) is 11.8. The third kappa shape index (κ3) is 4.99. The molecule has 1 heterocycles. The summed E-state index contributed by atoms with van der Waals surface area (Å²) >= 11 is 5.07. The summed E-state index contributed by atoms with van der Waals surface area (Å²) in [5.41, 5.74) is 0.634. The number of nitrogens with zero attached hydrogens (tertiary/aromatic N) is 1. The fraction of sp³-hybridized carbons (Fsp3) is 0.500. The summed E-state index contributed by atoms with van der Waals surface area (Å²) in [6, 6.07) is 6.41. The zero-order valence-corrected chi connectivity index (χ0v) is 15.4. The minimum atomic E-state index is -3.43. The highest BCUT2D eigenvalue weighted by Crippen LogP contribution is 2.21. The first-order chi connectivity index (χ1) is 11.4. The summed E-state index contributed by atoms with van der Waals surface area (Å²) in [5, 5.41) is 5.67. The van der Waals surface area contributed by atoms with E-state index >= 15 is 0 Å². The van der Waals surface area contributed by atoms with E-state index in [0.717, 1.165) is 25.7 Å². The van der Waals surface area contributed by atoms with Gasteiger partial charge in [0, 0.05) is 25.2 Å². The van der Waals surface area contributed by atoms with E-state index in [1.54, 1.807) is 24.3 Å². The number of amides is 1. The molecule has 2 rings (SSSR count). The van der Waals surface area contributed by atoms with E-state index in [0.29, 0.717) is 25.2 Å². The summed E-state index contributed by atoms with van der Waals surface area (Å²) in [5.74, 6) is -0.140. The summed E-state index contributed by atoms with van der Waals surface area (Å²) in [6.07, 6.45) is 4.05. The van der Waals surface area contributed by atoms with Gasteiger partial charge in [-0.05, 0) is 55.7 Å². The van der Waals surface area contributed by atoms with Gasteiger partial charge in [0.2, 0.25) is 15.9 Å². The van der Waals surface area contributed by atoms with Crippen molar-refractivity contribution in [3.63, 3.8) is 0 Å². The van der Waals surface area contributed by atoms with Crippen molar-refractivity contribution in [1.82, 2.24) is 9.62 Å². The number of nitrogens with one attached hydrogen (secondary N) is 2. The monoisotopic (exact) mass is 369 g/mol. The minimum absolute atomic E-state index is 0.140. The van der Waals surface area contributed by atoms with E-state index in [-0.39, 0.29) is 15.9 Å². The fourth-order valence-corrected chi connectivity index (χ4v) is 4.29. The Kier molecular flexibility index (Phi) is 6.70. The maximum absolute atomic E-state index is 12.6. The van der Waals surface area contributed by atoms with Crippen molar-refractivity contribution in [2.24, 2.45) is 0 Å². The number of carbonyl (C=O) groups excluding carboxylic acids is 1. The SMILES string of the molecule is CCCC(=O)NC(=S)Nc1ccc(S(=O)(=O)N2CCCCC2)cc1. The Morgan fingerprint density at radius 1 is 1.17 bits per heavy atom. The van der Waals surface area contributed by atoms with Crippen LogP contribution in [0, 0.1) is 0 Å². The number of sulfonamides is 1. The van der Waals surface area contributed by atoms with Gasteiger partial charge in [-0.25, -0.2) is 8.42 Å². The second-order valence-corrected chi connectivity index (χ2v) is 8.09. The van der Waals surface area contributed by atoms with Gasteiger partial charge < -0.3 is 10.6 Å². The highest BCUT2D eigenvalue weighted by Gasteiger charge is 2.25. The zero-order valence-electron chi connectivity index (χ0n) is 13.7. The first kappa shape index (κ1) is 18.8. The van der Waals surface area contributed by atoms with Crippen LogP contribution in [0.4, 0.5) is 5.69 Å². The third-order valence-electron chi connectivity index (χ3n) is 3.80. The number of rotatable bonds is 5. The average molecular weight is 370 g/mol. The van der Waals surface area contributed by atoms with Crippen molar-refractivity contribution in [2.45, 2.75) is 43.9 Å². The molecule has 1 aromatic rings. The second-order valence-electron chi connectivity index (χ2n) is 5.74. The molecule has 6 nitrogen and oxygen atoms in total. The quantitative estimate of drug-likeness (QED) is 0.780. The van der Waals surface area contributed by atoms with E-state index in [1.807, 2.05) is 6.92 Å². The molecule has 0 saturated carbocycles. The molecule has 0 aliphatic carbocycles. The molecule has 2 N–H and O–H groups in total. The first-order valence-electron chi connectivity index (χ1n) is 8.14. The lowest BCUT2D eigenvalue weighted by molar-refractivity contribution is -0.119. The average Bonchev–Trinajstić information content (AvgIpc) is 2.56. The van der Waals surface area contributed by atoms with Crippen LogP contribution >= 0.6 is 12.2 Å². The number of thiocarbonyl (C=S) groups is 1. The zero-order chi connectivity index (χ0) is 17.6. The van der Waals surface area contributed by atoms with Gasteiger partial charge in [-0.15, -0.1) is 0 Å². The molecule has 1 amide bonds. The number of benzene rings is 1. The van der Waals surface area contributed by atoms with Gasteiger partial charge in [-0.2, -0.15) is 4.31 Å². The highest BCUT2D eigenvalue weighted by atomic mass is 32.2. The largest absolute Gasteiger partial charge is 0.332 e. The van der Waals surface area contributed by atoms with Crippen LogP contribution in [0.5, 0.6) is 0 Å². The van der Waals surface area contributed by atoms with Crippen molar-refractivity contribution < 1.29 is 13.2 Å². The van der Waals surface area contributed by atoms with Gasteiger partial charge in [0.1, 0.15) is 0 Å². The van der Waals surface area contributed by atoms with Crippen LogP contribution in [-0.2, 0) is 14.8 Å². The Labute approximate surface area is 148 Å². The molecule has 8 heteroatoms. The normalized spacial score (nSPS) is 15.7. The van der Waals surface area contributed by atoms with Gasteiger partial charge in [-0.1, -0.05) is 13.3 Å². The molecule has 0 radical (unpaired) electrons. The van der Waals surface area contributed by atoms with Crippen molar-refractivity contribution in [1.29, 1.82) is 0 Å². The molecule has 1 aliphatic rings. The highest BCUT2D eigenvalue weighted by molar-refractivity contribution is 7.89. The lowest BCUT2D eigenvalue weighted by Gasteiger charge is -2.25. The summed E-state index contributed by atoms with van der Waals surface area (Å²) < 4.78 is 26.7. The van der Waals surface area contributed by atoms with Crippen molar-refractivity contribution in [3.05, 3.63) is 24.3 Å². The molecule has 1 aromatic carbocycles. The number of carbonyl (C=O) groups is 1. The molecular formula is C16H23N3O3S2. The Morgan fingerprint density at radius 3 is 2.38 bits per heavy atom. The number of anilines is 1. The van der Waals surface area contributed by atoms with Crippen LogP contribution < -0.4 is 10.6 Å². The minimum Gasteiger partial charge on any atom is -0.332 e. The second kappa shape index (κ2) is 8.55. The lowest BCUT2D eigenvalue weighted by Crippen LogP contribution is -2.35. The van der Waals surface area contributed by atoms with Gasteiger partial charge in [0.15, 0.2) is 5.11 Å². The van der Waals surface area contributed by atoms with Crippen LogP contribution in [0.3, 0.4) is 0 Å². The molecule has 0 spiro atoms. The smallest absolute Gasteiger partial charge is 0.243 e. The van der Waals surface area contributed by atoms with E-state index in [9.17, 15) is 13.2 Å². The first-order valence-corrected chi connectivity index (χ1v) is 9.99. The standard InChI is InChI=1S/C16H23N3O3S2/c1-2-6-15(20)18-16(23)17-13-7-9-14(10-8-13)24(21,22)19-11-4-3-5-12-19/h7-10H,2-6,11-12H2,1H3,(H2,17,18,20,23). The molecule has 0 bridgehead atoms.